The normalized spacial score (nSPS) is 8.47. The van der Waals surface area contributed by atoms with Gasteiger partial charge in [0.05, 0.1) is 32.1 Å². The van der Waals surface area contributed by atoms with E-state index in [0.29, 0.717) is 0 Å². The smallest absolute Gasteiger partial charge is 0.335 e. The molecule has 0 atom stereocenters. The molecule has 0 saturated heterocycles. The molecule has 2 rings (SSSR count). The van der Waals surface area contributed by atoms with Crippen LogP contribution in [0.4, 0.5) is 11.4 Å². The Morgan fingerprint density at radius 1 is 0.529 bits per heavy atom. The van der Waals surface area contributed by atoms with Crippen molar-refractivity contribution in [3.05, 3.63) is 78.9 Å². The van der Waals surface area contributed by atoms with E-state index in [-0.39, 0.29) is 63.9 Å². The summed E-state index contributed by atoms with van der Waals surface area (Å²) in [6.45, 7) is 0. The number of nitro groups is 2. The number of non-ortho nitro benzene ring substituents is 2. The number of carbonyl (C=O) groups is 4. The Labute approximate surface area is 226 Å². The zero-order chi connectivity index (χ0) is 23.2. The van der Waals surface area contributed by atoms with Gasteiger partial charge in [0, 0.05) is 82.7 Å². The second-order valence-electron chi connectivity index (χ2n) is 5.27. The molecule has 0 unspecified atom stereocenters. The molecule has 2 aromatic carbocycles. The van der Waals surface area contributed by atoms with Crippen LogP contribution in [0.15, 0.2) is 36.4 Å². The third-order valence-electron chi connectivity index (χ3n) is 3.24. The Morgan fingerprint density at radius 3 is 0.824 bits per heavy atom. The van der Waals surface area contributed by atoms with Gasteiger partial charge in [-0.25, -0.2) is 19.2 Å². The van der Waals surface area contributed by atoms with Gasteiger partial charge in [-0.2, -0.15) is 0 Å². The number of carboxylic acids is 4. The number of nitro benzene ring substituents is 2. The summed E-state index contributed by atoms with van der Waals surface area (Å²) in [5.74, 6) is -5.66. The summed E-state index contributed by atoms with van der Waals surface area (Å²) >= 11 is 0. The predicted octanol–water partition coefficient (Wildman–Crippen LogP) is 1.15. The Balaban J connectivity index is -0.000000237. The van der Waals surface area contributed by atoms with Crippen molar-refractivity contribution in [2.24, 2.45) is 0 Å². The van der Waals surface area contributed by atoms with E-state index in [1.807, 2.05) is 0 Å². The van der Waals surface area contributed by atoms with E-state index in [9.17, 15) is 39.4 Å². The molecule has 15 nitrogen and oxygen atoms in total. The van der Waals surface area contributed by atoms with Crippen LogP contribution in [0.1, 0.15) is 41.4 Å². The second-order valence-corrected chi connectivity index (χ2v) is 5.27. The largest absolute Gasteiger partial charge is 0.478 e. The molecule has 0 bridgehead atoms. The van der Waals surface area contributed by atoms with Gasteiger partial charge in [-0.3, -0.25) is 20.2 Å². The van der Waals surface area contributed by atoms with E-state index in [4.69, 9.17) is 20.4 Å². The number of benzene rings is 2. The average Bonchev–Trinajstić information content (AvgIpc) is 2.67. The minimum atomic E-state index is -1.42. The van der Waals surface area contributed by atoms with Crippen molar-refractivity contribution in [3.8, 4) is 0 Å². The topological polar surface area (TPSA) is 267 Å². The van der Waals surface area contributed by atoms with Crippen LogP contribution in [0.25, 0.3) is 0 Å². The van der Waals surface area contributed by atoms with Crippen LogP contribution < -0.4 is 0 Å². The van der Waals surface area contributed by atoms with Gasteiger partial charge in [0.15, 0.2) is 0 Å². The number of aromatic carboxylic acids is 4. The SMILES string of the molecule is O.O=C(O)c1cc(C(=O)O)cc([N+](=O)[O-])c1.O=C(O)c1cc(C(=O)O)cc([N+](=O)[O-])c1.[Zn].[Zn].[Zn]. The molecule has 0 spiro atoms. The van der Waals surface area contributed by atoms with Gasteiger partial charge >= 0.3 is 23.9 Å². The third-order valence-corrected chi connectivity index (χ3v) is 3.24. The van der Waals surface area contributed by atoms with Gasteiger partial charge in [0.1, 0.15) is 0 Å². The predicted molar refractivity (Wildman–Crippen MR) is 97.6 cm³/mol. The number of hydrogen-bond donors (Lipinski definition) is 4. The van der Waals surface area contributed by atoms with Crippen LogP contribution in [0.5, 0.6) is 0 Å². The number of carboxylic acid groups (broad SMARTS) is 4. The maximum Gasteiger partial charge on any atom is 0.335 e. The first-order valence-corrected chi connectivity index (χ1v) is 7.35. The maximum atomic E-state index is 10.5. The third kappa shape index (κ3) is 11.2. The molecule has 0 radical (unpaired) electrons. The Kier molecular flexibility index (Phi) is 18.6. The Morgan fingerprint density at radius 2 is 0.706 bits per heavy atom. The van der Waals surface area contributed by atoms with Gasteiger partial charge in [0.2, 0.25) is 0 Å². The van der Waals surface area contributed by atoms with Crippen molar-refractivity contribution < 1.29 is 113 Å². The van der Waals surface area contributed by atoms with Crippen molar-refractivity contribution >= 4 is 35.3 Å². The summed E-state index contributed by atoms with van der Waals surface area (Å²) in [4.78, 5) is 61.2. The molecule has 6 N–H and O–H groups in total. The molecule has 0 fully saturated rings. The van der Waals surface area contributed by atoms with Crippen molar-refractivity contribution in [1.82, 2.24) is 0 Å². The summed E-state index contributed by atoms with van der Waals surface area (Å²) in [6, 6.07) is 4.92. The molecule has 0 aliphatic heterocycles. The summed E-state index contributed by atoms with van der Waals surface area (Å²) in [6.07, 6.45) is 0. The molecule has 34 heavy (non-hydrogen) atoms. The quantitative estimate of drug-likeness (QED) is 0.198. The van der Waals surface area contributed by atoms with Crippen LogP contribution in [-0.4, -0.2) is 59.6 Å². The average molecular weight is 636 g/mol. The van der Waals surface area contributed by atoms with Gasteiger partial charge < -0.3 is 25.9 Å². The number of nitrogens with zero attached hydrogens (tertiary/aromatic N) is 2. The first kappa shape index (κ1) is 38.2. The van der Waals surface area contributed by atoms with E-state index in [2.05, 4.69) is 0 Å². The van der Waals surface area contributed by atoms with Crippen molar-refractivity contribution in [2.75, 3.05) is 0 Å². The number of rotatable bonds is 6. The second kappa shape index (κ2) is 16.5. The molecule has 0 aromatic heterocycles. The molecule has 0 aliphatic rings. The molecule has 170 valence electrons. The summed E-state index contributed by atoms with van der Waals surface area (Å²) in [5.41, 5.74) is -2.84. The first-order valence-electron chi connectivity index (χ1n) is 7.35. The summed E-state index contributed by atoms with van der Waals surface area (Å²) in [7, 11) is 0. The van der Waals surface area contributed by atoms with Crippen molar-refractivity contribution in [1.29, 1.82) is 0 Å². The van der Waals surface area contributed by atoms with E-state index in [1.54, 1.807) is 0 Å². The number of hydrogen-bond acceptors (Lipinski definition) is 8. The minimum absolute atomic E-state index is 0. The molecule has 2 aromatic rings. The fraction of sp³-hybridized carbons (Fsp3) is 0. The van der Waals surface area contributed by atoms with E-state index >= 15 is 0 Å². The van der Waals surface area contributed by atoms with Crippen LogP contribution in [0, 0.1) is 20.2 Å². The zero-order valence-corrected chi connectivity index (χ0v) is 25.9. The van der Waals surface area contributed by atoms with E-state index < -0.39 is 67.4 Å². The Hall–Kier alpha value is -3.05. The molecular weight excluding hydrogens is 624 g/mol. The van der Waals surface area contributed by atoms with Crippen LogP contribution in [-0.2, 0) is 58.4 Å². The van der Waals surface area contributed by atoms with Crippen LogP contribution in [0.2, 0.25) is 0 Å². The molecule has 0 saturated carbocycles. The Bertz CT molecular complexity index is 848. The summed E-state index contributed by atoms with van der Waals surface area (Å²) < 4.78 is 0. The molecular formula is C16H12N2O13Zn3. The first-order chi connectivity index (χ1) is 13.8. The maximum absolute atomic E-state index is 10.5. The van der Waals surface area contributed by atoms with Crippen LogP contribution >= 0.6 is 0 Å². The monoisotopic (exact) mass is 632 g/mol. The van der Waals surface area contributed by atoms with Crippen molar-refractivity contribution in [3.63, 3.8) is 0 Å². The zero-order valence-electron chi connectivity index (χ0n) is 17.0. The van der Waals surface area contributed by atoms with Crippen molar-refractivity contribution in [2.45, 2.75) is 0 Å². The molecule has 0 aliphatic carbocycles. The van der Waals surface area contributed by atoms with Gasteiger partial charge in [-0.1, -0.05) is 0 Å². The summed E-state index contributed by atoms with van der Waals surface area (Å²) in [5, 5.41) is 55.1. The van der Waals surface area contributed by atoms with Crippen LogP contribution in [0.3, 0.4) is 0 Å². The van der Waals surface area contributed by atoms with Gasteiger partial charge in [0.25, 0.3) is 11.4 Å². The minimum Gasteiger partial charge on any atom is -0.478 e. The fourth-order valence-electron chi connectivity index (χ4n) is 1.93. The molecule has 0 amide bonds. The molecule has 0 heterocycles. The standard InChI is InChI=1S/2C8H5NO6.H2O.3Zn/c2*10-7(11)4-1-5(8(12)13)3-6(2-4)9(14)15;;;;/h2*1-3H,(H,10,11)(H,12,13);1H2;;;. The van der Waals surface area contributed by atoms with Gasteiger partial charge in [-0.05, 0) is 12.1 Å². The van der Waals surface area contributed by atoms with Gasteiger partial charge in [-0.15, -0.1) is 0 Å². The van der Waals surface area contributed by atoms with E-state index in [0.717, 1.165) is 36.4 Å². The molecule has 18 heteroatoms. The fourth-order valence-corrected chi connectivity index (χ4v) is 1.93. The van der Waals surface area contributed by atoms with E-state index in [1.165, 1.54) is 0 Å².